The highest BCUT2D eigenvalue weighted by molar-refractivity contribution is 14.1. The molecule has 1 fully saturated rings. The Balaban J connectivity index is 2.01. The Hall–Kier alpha value is -0.620. The molecule has 15 heavy (non-hydrogen) atoms. The molecule has 0 radical (unpaired) electrons. The van der Waals surface area contributed by atoms with Crippen molar-refractivity contribution in [2.24, 2.45) is 0 Å². The van der Waals surface area contributed by atoms with E-state index in [1.165, 1.54) is 0 Å². The van der Waals surface area contributed by atoms with Gasteiger partial charge in [0.2, 0.25) is 0 Å². The molecular formula is C11H12INO2. The van der Waals surface area contributed by atoms with Gasteiger partial charge in [0.25, 0.3) is 5.91 Å². The summed E-state index contributed by atoms with van der Waals surface area (Å²) >= 11 is 2.20. The summed E-state index contributed by atoms with van der Waals surface area (Å²) in [7, 11) is 0. The zero-order valence-electron chi connectivity index (χ0n) is 8.20. The van der Waals surface area contributed by atoms with E-state index in [-0.39, 0.29) is 11.9 Å². The van der Waals surface area contributed by atoms with Gasteiger partial charge in [-0.25, -0.2) is 0 Å². The highest BCUT2D eigenvalue weighted by atomic mass is 127. The quantitative estimate of drug-likeness (QED) is 0.845. The lowest BCUT2D eigenvalue weighted by molar-refractivity contribution is 0.0930. The van der Waals surface area contributed by atoms with Gasteiger partial charge in [-0.2, -0.15) is 0 Å². The largest absolute Gasteiger partial charge is 0.379 e. The van der Waals surface area contributed by atoms with Crippen molar-refractivity contribution in [3.8, 4) is 0 Å². The average Bonchev–Trinajstić information content (AvgIpc) is 2.70. The van der Waals surface area contributed by atoms with Crippen LogP contribution >= 0.6 is 22.6 Å². The number of carbonyl (C=O) groups excluding carboxylic acids is 1. The van der Waals surface area contributed by atoms with Gasteiger partial charge in [0.15, 0.2) is 0 Å². The minimum absolute atomic E-state index is 0.0102. The molecule has 1 aromatic rings. The van der Waals surface area contributed by atoms with Crippen LogP contribution in [0, 0.1) is 3.57 Å². The Morgan fingerprint density at radius 3 is 3.07 bits per heavy atom. The number of halogens is 1. The van der Waals surface area contributed by atoms with E-state index in [2.05, 4.69) is 27.9 Å². The van der Waals surface area contributed by atoms with Crippen LogP contribution in [-0.4, -0.2) is 25.2 Å². The summed E-state index contributed by atoms with van der Waals surface area (Å²) in [5.74, 6) is -0.0102. The Morgan fingerprint density at radius 2 is 2.40 bits per heavy atom. The Labute approximate surface area is 102 Å². The van der Waals surface area contributed by atoms with Gasteiger partial charge in [0.1, 0.15) is 0 Å². The van der Waals surface area contributed by atoms with E-state index in [0.717, 1.165) is 16.6 Å². The van der Waals surface area contributed by atoms with Gasteiger partial charge >= 0.3 is 0 Å². The van der Waals surface area contributed by atoms with Crippen LogP contribution in [0.25, 0.3) is 0 Å². The van der Waals surface area contributed by atoms with Crippen LogP contribution in [0.3, 0.4) is 0 Å². The monoisotopic (exact) mass is 317 g/mol. The average molecular weight is 317 g/mol. The highest BCUT2D eigenvalue weighted by Crippen LogP contribution is 2.09. The molecule has 0 saturated carbocycles. The molecular weight excluding hydrogens is 305 g/mol. The van der Waals surface area contributed by atoms with Crippen molar-refractivity contribution in [1.29, 1.82) is 0 Å². The maximum atomic E-state index is 11.8. The van der Waals surface area contributed by atoms with Crippen LogP contribution in [0.15, 0.2) is 24.3 Å². The van der Waals surface area contributed by atoms with Crippen LogP contribution in [-0.2, 0) is 4.74 Å². The predicted molar refractivity (Wildman–Crippen MR) is 65.8 cm³/mol. The molecule has 1 aromatic carbocycles. The van der Waals surface area contributed by atoms with Gasteiger partial charge in [-0.1, -0.05) is 6.07 Å². The molecule has 1 atom stereocenters. The van der Waals surface area contributed by atoms with Crippen molar-refractivity contribution in [3.63, 3.8) is 0 Å². The Morgan fingerprint density at radius 1 is 1.53 bits per heavy atom. The van der Waals surface area contributed by atoms with E-state index in [4.69, 9.17) is 4.74 Å². The summed E-state index contributed by atoms with van der Waals surface area (Å²) in [5.41, 5.74) is 0.716. The molecule has 2 rings (SSSR count). The first-order valence-corrected chi connectivity index (χ1v) is 5.98. The zero-order chi connectivity index (χ0) is 10.7. The summed E-state index contributed by atoms with van der Waals surface area (Å²) < 4.78 is 6.27. The Kier molecular flexibility index (Phi) is 3.58. The third kappa shape index (κ3) is 2.92. The summed E-state index contributed by atoms with van der Waals surface area (Å²) in [6.45, 7) is 1.38. The molecule has 0 aromatic heterocycles. The van der Waals surface area contributed by atoms with E-state index in [0.29, 0.717) is 12.2 Å². The van der Waals surface area contributed by atoms with Crippen molar-refractivity contribution >= 4 is 28.5 Å². The van der Waals surface area contributed by atoms with Crippen LogP contribution in [0.5, 0.6) is 0 Å². The van der Waals surface area contributed by atoms with E-state index < -0.39 is 0 Å². The van der Waals surface area contributed by atoms with Gasteiger partial charge in [-0.3, -0.25) is 4.79 Å². The van der Waals surface area contributed by atoms with Crippen molar-refractivity contribution in [2.75, 3.05) is 13.2 Å². The maximum absolute atomic E-state index is 11.8. The van der Waals surface area contributed by atoms with Crippen LogP contribution in [0.1, 0.15) is 16.8 Å². The topological polar surface area (TPSA) is 38.3 Å². The first-order valence-electron chi connectivity index (χ1n) is 4.90. The SMILES string of the molecule is O=C(NC1CCOC1)c1cccc(I)c1. The lowest BCUT2D eigenvalue weighted by Crippen LogP contribution is -2.34. The molecule has 1 N–H and O–H groups in total. The molecule has 3 nitrogen and oxygen atoms in total. The number of amides is 1. The van der Waals surface area contributed by atoms with Crippen molar-refractivity contribution in [3.05, 3.63) is 33.4 Å². The van der Waals surface area contributed by atoms with E-state index in [9.17, 15) is 4.79 Å². The summed E-state index contributed by atoms with van der Waals surface area (Å²) in [6, 6.07) is 7.74. The fraction of sp³-hybridized carbons (Fsp3) is 0.364. The molecule has 1 unspecified atom stereocenters. The second-order valence-corrected chi connectivity index (χ2v) is 4.79. The number of nitrogens with one attached hydrogen (secondary N) is 1. The summed E-state index contributed by atoms with van der Waals surface area (Å²) in [6.07, 6.45) is 0.912. The number of ether oxygens (including phenoxy) is 1. The molecule has 1 amide bonds. The number of carbonyl (C=O) groups is 1. The number of hydrogen-bond donors (Lipinski definition) is 1. The first-order chi connectivity index (χ1) is 7.25. The molecule has 80 valence electrons. The van der Waals surface area contributed by atoms with Crippen LogP contribution < -0.4 is 5.32 Å². The molecule has 0 aliphatic carbocycles. The second-order valence-electron chi connectivity index (χ2n) is 3.54. The van der Waals surface area contributed by atoms with Gasteiger partial charge in [0, 0.05) is 15.7 Å². The third-order valence-corrected chi connectivity index (χ3v) is 3.02. The number of benzene rings is 1. The van der Waals surface area contributed by atoms with Gasteiger partial charge in [-0.05, 0) is 47.2 Å². The third-order valence-electron chi connectivity index (χ3n) is 2.35. The van der Waals surface area contributed by atoms with Gasteiger partial charge in [-0.15, -0.1) is 0 Å². The fourth-order valence-corrected chi connectivity index (χ4v) is 2.09. The van der Waals surface area contributed by atoms with Gasteiger partial charge in [0.05, 0.1) is 12.6 Å². The minimum atomic E-state index is -0.0102. The minimum Gasteiger partial charge on any atom is -0.379 e. The summed E-state index contributed by atoms with van der Waals surface area (Å²) in [4.78, 5) is 11.8. The standard InChI is InChI=1S/C11H12INO2/c12-9-3-1-2-8(6-9)11(14)13-10-4-5-15-7-10/h1-3,6,10H,4-5,7H2,(H,13,14). The highest BCUT2D eigenvalue weighted by Gasteiger charge is 2.18. The molecule has 1 saturated heterocycles. The van der Waals surface area contributed by atoms with E-state index in [1.54, 1.807) is 0 Å². The number of rotatable bonds is 2. The molecule has 1 heterocycles. The molecule has 4 heteroatoms. The van der Waals surface area contributed by atoms with Crippen molar-refractivity contribution in [1.82, 2.24) is 5.32 Å². The Bertz CT molecular complexity index is 361. The lowest BCUT2D eigenvalue weighted by atomic mass is 10.2. The van der Waals surface area contributed by atoms with Crippen LogP contribution in [0.4, 0.5) is 0 Å². The number of hydrogen-bond acceptors (Lipinski definition) is 2. The molecule has 1 aliphatic heterocycles. The normalized spacial score (nSPS) is 20.2. The molecule has 1 aliphatic rings. The van der Waals surface area contributed by atoms with Gasteiger partial charge < -0.3 is 10.1 Å². The molecule has 0 spiro atoms. The fourth-order valence-electron chi connectivity index (χ4n) is 1.55. The maximum Gasteiger partial charge on any atom is 0.251 e. The second kappa shape index (κ2) is 4.94. The van der Waals surface area contributed by atoms with Crippen LogP contribution in [0.2, 0.25) is 0 Å². The molecule has 0 bridgehead atoms. The van der Waals surface area contributed by atoms with Crippen molar-refractivity contribution < 1.29 is 9.53 Å². The zero-order valence-corrected chi connectivity index (χ0v) is 10.4. The smallest absolute Gasteiger partial charge is 0.251 e. The van der Waals surface area contributed by atoms with E-state index in [1.807, 2.05) is 24.3 Å². The van der Waals surface area contributed by atoms with Crippen molar-refractivity contribution in [2.45, 2.75) is 12.5 Å². The predicted octanol–water partition coefficient (Wildman–Crippen LogP) is 1.81. The summed E-state index contributed by atoms with van der Waals surface area (Å²) in [5, 5.41) is 2.96. The first kappa shape index (κ1) is 10.9. The van der Waals surface area contributed by atoms with E-state index >= 15 is 0 Å². The lowest BCUT2D eigenvalue weighted by Gasteiger charge is -2.10.